The molecule has 4 N–H and O–H groups in total. The zero-order valence-electron chi connectivity index (χ0n) is 19.3. The molecule has 0 aliphatic heterocycles. The van der Waals surface area contributed by atoms with E-state index in [1.807, 2.05) is 0 Å². The maximum absolute atomic E-state index is 13.0. The molecule has 0 fully saturated rings. The average Bonchev–Trinajstić information content (AvgIpc) is 3.33. The van der Waals surface area contributed by atoms with Gasteiger partial charge in [0.1, 0.15) is 33.5 Å². The number of nitrogens with one attached hydrogen (secondary N) is 4. The minimum atomic E-state index is -4.71. The summed E-state index contributed by atoms with van der Waals surface area (Å²) in [5, 5.41) is 10.3. The molecule has 3 aromatic heterocycles. The van der Waals surface area contributed by atoms with Crippen molar-refractivity contribution in [2.45, 2.75) is 26.1 Å². The van der Waals surface area contributed by atoms with Crippen LogP contribution in [0.4, 0.5) is 24.8 Å². The Morgan fingerprint density at radius 3 is 2.49 bits per heavy atom. The largest absolute Gasteiger partial charge is 0.418 e. The number of nitrogens with zero attached hydrogens (tertiary/aromatic N) is 4. The molecule has 0 saturated carbocycles. The number of thiazole rings is 1. The molecular weight excluding hydrogens is 537 g/mol. The number of anilines is 2. The monoisotopic (exact) mass is 556 g/mol. The van der Waals surface area contributed by atoms with Gasteiger partial charge in [-0.1, -0.05) is 11.6 Å². The molecule has 0 radical (unpaired) electrons. The van der Waals surface area contributed by atoms with Gasteiger partial charge in [0.25, 0.3) is 11.8 Å². The van der Waals surface area contributed by atoms with Gasteiger partial charge in [-0.15, -0.1) is 11.3 Å². The molecule has 0 spiro atoms. The minimum absolute atomic E-state index is 0.0766. The molecule has 0 aliphatic carbocycles. The van der Waals surface area contributed by atoms with E-state index in [4.69, 9.17) is 11.6 Å². The van der Waals surface area contributed by atoms with Crippen molar-refractivity contribution in [1.82, 2.24) is 30.6 Å². The second-order valence-electron chi connectivity index (χ2n) is 7.46. The highest BCUT2D eigenvalue weighted by molar-refractivity contribution is 7.13. The predicted octanol–water partition coefficient (Wildman–Crippen LogP) is 3.29. The van der Waals surface area contributed by atoms with Gasteiger partial charge in [-0.05, 0) is 13.0 Å². The van der Waals surface area contributed by atoms with Crippen LogP contribution in [0, 0.1) is 0 Å². The predicted molar refractivity (Wildman–Crippen MR) is 129 cm³/mol. The highest BCUT2D eigenvalue weighted by atomic mass is 35.5. The van der Waals surface area contributed by atoms with Crippen molar-refractivity contribution in [3.8, 4) is 0 Å². The molecule has 0 saturated heterocycles. The maximum Gasteiger partial charge on any atom is 0.418 e. The minimum Gasteiger partial charge on any atom is -0.368 e. The summed E-state index contributed by atoms with van der Waals surface area (Å²) in [5.41, 5.74) is -1.05. The van der Waals surface area contributed by atoms with Crippen LogP contribution in [0.1, 0.15) is 50.6 Å². The molecule has 1 atom stereocenters. The van der Waals surface area contributed by atoms with Crippen LogP contribution in [0.25, 0.3) is 0 Å². The highest BCUT2D eigenvalue weighted by Crippen LogP contribution is 2.35. The van der Waals surface area contributed by atoms with E-state index in [-0.39, 0.29) is 22.3 Å². The fourth-order valence-electron chi connectivity index (χ4n) is 2.83. The second-order valence-corrected chi connectivity index (χ2v) is 8.93. The summed E-state index contributed by atoms with van der Waals surface area (Å²) in [7, 11) is 0. The Morgan fingerprint density at radius 1 is 1.03 bits per heavy atom. The van der Waals surface area contributed by atoms with E-state index in [0.717, 1.165) is 17.5 Å². The van der Waals surface area contributed by atoms with Crippen molar-refractivity contribution >= 4 is 52.3 Å². The Morgan fingerprint density at radius 2 is 1.78 bits per heavy atom. The first kappa shape index (κ1) is 27.7. The van der Waals surface area contributed by atoms with E-state index >= 15 is 0 Å². The van der Waals surface area contributed by atoms with Crippen molar-refractivity contribution in [3.05, 3.63) is 57.0 Å². The molecule has 1 unspecified atom stereocenters. The van der Waals surface area contributed by atoms with Gasteiger partial charge in [0.15, 0.2) is 0 Å². The molecule has 3 aromatic rings. The van der Waals surface area contributed by atoms with Crippen molar-refractivity contribution in [3.63, 3.8) is 0 Å². The summed E-state index contributed by atoms with van der Waals surface area (Å²) in [6, 6.07) is 1.45. The topological polar surface area (TPSA) is 151 Å². The van der Waals surface area contributed by atoms with Gasteiger partial charge >= 0.3 is 6.18 Å². The number of carbonyl (C=O) groups excluding carboxylic acids is 3. The molecule has 3 amide bonds. The first-order valence-corrected chi connectivity index (χ1v) is 11.7. The molecule has 196 valence electrons. The third kappa shape index (κ3) is 7.82. The maximum atomic E-state index is 13.0. The molecule has 0 bridgehead atoms. The van der Waals surface area contributed by atoms with Gasteiger partial charge in [-0.25, -0.2) is 19.9 Å². The van der Waals surface area contributed by atoms with E-state index in [9.17, 15) is 27.6 Å². The van der Waals surface area contributed by atoms with E-state index in [2.05, 4.69) is 41.2 Å². The zero-order valence-corrected chi connectivity index (χ0v) is 20.9. The number of rotatable bonds is 9. The summed E-state index contributed by atoms with van der Waals surface area (Å²) < 4.78 is 39.1. The standard InChI is InChI=1S/C21H20ClF3N8O3S/c1-10(32-18(35)14-6-16(31-9-30-14)27-4-3-26-11(2)34)20-29-8-15(37-20)19(36)33-17-5-12(21(23,24)25)13(22)7-28-17/h5-10H,3-4H2,1-2H3,(H,26,34)(H,32,35)(H,27,30,31)(H,28,33,36). The van der Waals surface area contributed by atoms with Crippen LogP contribution < -0.4 is 21.3 Å². The van der Waals surface area contributed by atoms with E-state index < -0.39 is 34.6 Å². The van der Waals surface area contributed by atoms with Crippen LogP contribution in [0.15, 0.2) is 30.9 Å². The fourth-order valence-corrected chi connectivity index (χ4v) is 3.86. The molecule has 37 heavy (non-hydrogen) atoms. The van der Waals surface area contributed by atoms with Crippen molar-refractivity contribution in [2.75, 3.05) is 23.7 Å². The number of hydrogen-bond donors (Lipinski definition) is 4. The van der Waals surface area contributed by atoms with Crippen LogP contribution in [-0.4, -0.2) is 50.7 Å². The quantitative estimate of drug-likeness (QED) is 0.293. The number of carbonyl (C=O) groups is 3. The number of pyridine rings is 1. The van der Waals surface area contributed by atoms with E-state index in [1.165, 1.54) is 25.5 Å². The molecule has 0 aliphatic rings. The van der Waals surface area contributed by atoms with E-state index in [1.54, 1.807) is 6.92 Å². The molecule has 16 heteroatoms. The lowest BCUT2D eigenvalue weighted by Crippen LogP contribution is -2.28. The number of alkyl halides is 3. The van der Waals surface area contributed by atoms with E-state index in [0.29, 0.717) is 30.0 Å². The Bertz CT molecular complexity index is 1300. The normalized spacial score (nSPS) is 11.9. The van der Waals surface area contributed by atoms with Crippen LogP contribution >= 0.6 is 22.9 Å². The van der Waals surface area contributed by atoms with Crippen LogP contribution in [-0.2, 0) is 11.0 Å². The molecule has 0 aromatic carbocycles. The third-order valence-electron chi connectivity index (χ3n) is 4.57. The molecule has 11 nitrogen and oxygen atoms in total. The second kappa shape index (κ2) is 11.9. The summed E-state index contributed by atoms with van der Waals surface area (Å²) >= 11 is 6.49. The van der Waals surface area contributed by atoms with Gasteiger partial charge in [-0.3, -0.25) is 14.4 Å². The van der Waals surface area contributed by atoms with Crippen molar-refractivity contribution < 1.29 is 27.6 Å². The first-order chi connectivity index (χ1) is 17.4. The average molecular weight is 557 g/mol. The van der Waals surface area contributed by atoms with Gasteiger partial charge in [0.2, 0.25) is 5.91 Å². The SMILES string of the molecule is CC(=O)NCCNc1cc(C(=O)NC(C)c2ncc(C(=O)Nc3cc(C(F)(F)F)c(Cl)cn3)s2)ncn1. The van der Waals surface area contributed by atoms with Gasteiger partial charge in [-0.2, -0.15) is 13.2 Å². The number of halogens is 4. The number of aromatic nitrogens is 4. The summed E-state index contributed by atoms with van der Waals surface area (Å²) in [5.74, 6) is -1.36. The Kier molecular flexibility index (Phi) is 8.94. The lowest BCUT2D eigenvalue weighted by Gasteiger charge is -2.12. The lowest BCUT2D eigenvalue weighted by molar-refractivity contribution is -0.137. The highest BCUT2D eigenvalue weighted by Gasteiger charge is 2.34. The van der Waals surface area contributed by atoms with Crippen LogP contribution in [0.3, 0.4) is 0 Å². The molecular formula is C21H20ClF3N8O3S. The lowest BCUT2D eigenvalue weighted by atomic mass is 10.2. The molecule has 3 rings (SSSR count). The molecule has 3 heterocycles. The Hall–Kier alpha value is -3.85. The Labute approximate surface area is 217 Å². The summed E-state index contributed by atoms with van der Waals surface area (Å²) in [6.45, 7) is 3.80. The van der Waals surface area contributed by atoms with Crippen LogP contribution in [0.5, 0.6) is 0 Å². The summed E-state index contributed by atoms with van der Waals surface area (Å²) in [6.07, 6.45) is -1.47. The van der Waals surface area contributed by atoms with Crippen molar-refractivity contribution in [1.29, 1.82) is 0 Å². The van der Waals surface area contributed by atoms with Gasteiger partial charge in [0, 0.05) is 32.3 Å². The zero-order chi connectivity index (χ0) is 27.2. The third-order valence-corrected chi connectivity index (χ3v) is 6.05. The first-order valence-electron chi connectivity index (χ1n) is 10.5. The van der Waals surface area contributed by atoms with Gasteiger partial charge < -0.3 is 21.3 Å². The van der Waals surface area contributed by atoms with Crippen LogP contribution in [0.2, 0.25) is 5.02 Å². The number of hydrogen-bond acceptors (Lipinski definition) is 9. The smallest absolute Gasteiger partial charge is 0.368 e. The Balaban J connectivity index is 1.60. The van der Waals surface area contributed by atoms with Gasteiger partial charge in [0.05, 0.1) is 22.8 Å². The fraction of sp³-hybridized carbons (Fsp3) is 0.286. The van der Waals surface area contributed by atoms with Crippen molar-refractivity contribution in [2.24, 2.45) is 0 Å². The number of amides is 3. The summed E-state index contributed by atoms with van der Waals surface area (Å²) in [4.78, 5) is 51.9.